The molecule has 0 spiro atoms. The van der Waals surface area contributed by atoms with Crippen LogP contribution in [0.3, 0.4) is 0 Å². The highest BCUT2D eigenvalue weighted by Crippen LogP contribution is 2.38. The van der Waals surface area contributed by atoms with E-state index in [-0.39, 0.29) is 17.5 Å². The summed E-state index contributed by atoms with van der Waals surface area (Å²) in [5, 5.41) is 11.3. The number of anilines is 1. The number of nitro groups is 1. The van der Waals surface area contributed by atoms with Crippen molar-refractivity contribution < 1.29 is 19.2 Å². The van der Waals surface area contributed by atoms with Gasteiger partial charge in [0.1, 0.15) is 6.20 Å². The summed E-state index contributed by atoms with van der Waals surface area (Å²) in [4.78, 5) is 29.1. The lowest BCUT2D eigenvalue weighted by atomic mass is 10.1. The summed E-state index contributed by atoms with van der Waals surface area (Å²) in [7, 11) is 0. The maximum atomic E-state index is 13.0. The van der Waals surface area contributed by atoms with E-state index in [0.717, 1.165) is 6.20 Å². The Morgan fingerprint density at radius 1 is 1.21 bits per heavy atom. The molecule has 1 saturated heterocycles. The summed E-state index contributed by atoms with van der Waals surface area (Å²) in [6.45, 7) is 2.21. The zero-order chi connectivity index (χ0) is 24.2. The van der Waals surface area contributed by atoms with Crippen LogP contribution in [-0.4, -0.2) is 26.7 Å². The molecule has 172 valence electrons. The van der Waals surface area contributed by atoms with Crippen LogP contribution in [0, 0.1) is 10.1 Å². The first-order valence-electron chi connectivity index (χ1n) is 9.94. The highest BCUT2D eigenvalue weighted by molar-refractivity contribution is 8.27. The first kappa shape index (κ1) is 23.7. The fourth-order valence-electron chi connectivity index (χ4n) is 3.08. The van der Waals surface area contributed by atoms with Crippen molar-refractivity contribution in [1.29, 1.82) is 0 Å². The van der Waals surface area contributed by atoms with E-state index in [4.69, 9.17) is 33.3 Å². The van der Waals surface area contributed by atoms with Crippen molar-refractivity contribution in [3.05, 3.63) is 86.4 Å². The first-order chi connectivity index (χ1) is 16.4. The van der Waals surface area contributed by atoms with Crippen molar-refractivity contribution in [1.82, 2.24) is 4.98 Å². The zero-order valence-electron chi connectivity index (χ0n) is 17.6. The van der Waals surface area contributed by atoms with E-state index in [0.29, 0.717) is 43.6 Å². The van der Waals surface area contributed by atoms with Gasteiger partial charge in [0.25, 0.3) is 11.6 Å². The quantitative estimate of drug-likeness (QED) is 0.158. The van der Waals surface area contributed by atoms with Crippen LogP contribution < -0.4 is 14.4 Å². The minimum absolute atomic E-state index is 0.136. The molecule has 0 bridgehead atoms. The fraction of sp³-hybridized carbons (Fsp3) is 0.0870. The van der Waals surface area contributed by atoms with Crippen LogP contribution >= 0.6 is 35.6 Å². The minimum Gasteiger partial charge on any atom is -0.490 e. The molecule has 2 heterocycles. The molecule has 8 nitrogen and oxygen atoms in total. The third-order valence-electron chi connectivity index (χ3n) is 4.57. The van der Waals surface area contributed by atoms with Crippen molar-refractivity contribution in [2.45, 2.75) is 6.92 Å². The largest absolute Gasteiger partial charge is 0.490 e. The first-order valence-corrected chi connectivity index (χ1v) is 11.5. The maximum Gasteiger partial charge on any atom is 0.287 e. The second-order valence-electron chi connectivity index (χ2n) is 6.85. The zero-order valence-corrected chi connectivity index (χ0v) is 20.0. The summed E-state index contributed by atoms with van der Waals surface area (Å²) in [6.07, 6.45) is 2.84. The number of thioether (sulfide) groups is 1. The van der Waals surface area contributed by atoms with Crippen LogP contribution in [0.2, 0.25) is 5.02 Å². The summed E-state index contributed by atoms with van der Waals surface area (Å²) in [5.74, 6) is 0.751. The van der Waals surface area contributed by atoms with Crippen LogP contribution in [0.15, 0.2) is 65.7 Å². The molecule has 0 N–H and O–H groups in total. The van der Waals surface area contributed by atoms with E-state index in [1.807, 2.05) is 6.92 Å². The van der Waals surface area contributed by atoms with E-state index >= 15 is 0 Å². The van der Waals surface area contributed by atoms with Crippen LogP contribution in [0.4, 0.5) is 11.4 Å². The van der Waals surface area contributed by atoms with Crippen LogP contribution in [0.5, 0.6) is 17.4 Å². The molecule has 34 heavy (non-hydrogen) atoms. The minimum atomic E-state index is -0.535. The van der Waals surface area contributed by atoms with Gasteiger partial charge in [-0.15, -0.1) is 0 Å². The number of thiocarbonyl (C=S) groups is 1. The summed E-state index contributed by atoms with van der Waals surface area (Å²) in [6, 6.07) is 14.8. The van der Waals surface area contributed by atoms with Gasteiger partial charge in [-0.3, -0.25) is 19.8 Å². The Balaban J connectivity index is 1.59. The molecule has 3 aromatic rings. The Morgan fingerprint density at radius 2 is 2.03 bits per heavy atom. The molecular weight excluding hydrogens is 498 g/mol. The number of benzene rings is 2. The molecule has 0 unspecified atom stereocenters. The van der Waals surface area contributed by atoms with Crippen LogP contribution in [-0.2, 0) is 4.79 Å². The van der Waals surface area contributed by atoms with E-state index in [2.05, 4.69) is 4.98 Å². The van der Waals surface area contributed by atoms with Gasteiger partial charge in [-0.05, 0) is 48.9 Å². The lowest BCUT2D eigenvalue weighted by Crippen LogP contribution is -2.27. The molecule has 4 rings (SSSR count). The van der Waals surface area contributed by atoms with Crippen LogP contribution in [0.1, 0.15) is 12.5 Å². The van der Waals surface area contributed by atoms with Gasteiger partial charge < -0.3 is 9.47 Å². The number of pyridine rings is 1. The fourth-order valence-corrected chi connectivity index (χ4v) is 4.56. The average molecular weight is 514 g/mol. The molecule has 0 radical (unpaired) electrons. The van der Waals surface area contributed by atoms with Crippen molar-refractivity contribution >= 4 is 63.3 Å². The van der Waals surface area contributed by atoms with E-state index in [1.165, 1.54) is 28.8 Å². The van der Waals surface area contributed by atoms with E-state index < -0.39 is 4.92 Å². The Morgan fingerprint density at radius 3 is 2.71 bits per heavy atom. The number of nitrogens with zero attached hydrogens (tertiary/aromatic N) is 3. The predicted molar refractivity (Wildman–Crippen MR) is 136 cm³/mol. The maximum absolute atomic E-state index is 13.0. The van der Waals surface area contributed by atoms with Crippen molar-refractivity contribution in [2.75, 3.05) is 11.5 Å². The molecule has 1 fully saturated rings. The smallest absolute Gasteiger partial charge is 0.287 e. The van der Waals surface area contributed by atoms with Crippen molar-refractivity contribution in [2.24, 2.45) is 0 Å². The number of ether oxygens (including phenoxy) is 2. The third-order valence-corrected chi connectivity index (χ3v) is 6.11. The van der Waals surface area contributed by atoms with Gasteiger partial charge in [-0.25, -0.2) is 4.98 Å². The second-order valence-corrected chi connectivity index (χ2v) is 8.96. The molecule has 11 heteroatoms. The predicted octanol–water partition coefficient (Wildman–Crippen LogP) is 6.24. The SMILES string of the molecule is CCOc1cc(/C=C2/SC(=S)N(c3cccc(Cl)c3)C2=O)ccc1Oc1ccc([N+](=O)[O-])cn1. The number of rotatable bonds is 7. The molecule has 0 saturated carbocycles. The number of carbonyl (C=O) groups excluding carboxylic acids is 1. The Hall–Kier alpha value is -3.47. The molecule has 0 atom stereocenters. The summed E-state index contributed by atoms with van der Waals surface area (Å²) in [5.41, 5.74) is 1.18. The van der Waals surface area contributed by atoms with Gasteiger partial charge in [-0.2, -0.15) is 0 Å². The number of amides is 1. The molecular formula is C23H16ClN3O5S2. The van der Waals surface area contributed by atoms with Gasteiger partial charge in [0.15, 0.2) is 15.8 Å². The average Bonchev–Trinajstić information content (AvgIpc) is 3.08. The lowest BCUT2D eigenvalue weighted by molar-refractivity contribution is -0.385. The number of aromatic nitrogens is 1. The standard InChI is InChI=1S/C23H16ClN3O5S2/c1-2-31-19-10-14(6-8-18(19)32-21-9-7-17(13-25-21)27(29)30)11-20-22(28)26(23(33)34-20)16-5-3-4-15(24)12-16/h3-13H,2H2,1H3/b20-11+. The van der Waals surface area contributed by atoms with Crippen molar-refractivity contribution in [3.8, 4) is 17.4 Å². The van der Waals surface area contributed by atoms with Crippen molar-refractivity contribution in [3.63, 3.8) is 0 Å². The number of hydrogen-bond donors (Lipinski definition) is 0. The van der Waals surface area contributed by atoms with Gasteiger partial charge in [0.05, 0.1) is 22.1 Å². The molecule has 2 aromatic carbocycles. The highest BCUT2D eigenvalue weighted by Gasteiger charge is 2.33. The number of carbonyl (C=O) groups is 1. The number of hydrogen-bond acceptors (Lipinski definition) is 8. The molecule has 1 aliphatic heterocycles. The Labute approximate surface area is 209 Å². The second kappa shape index (κ2) is 10.2. The van der Waals surface area contributed by atoms with Gasteiger partial charge >= 0.3 is 0 Å². The summed E-state index contributed by atoms with van der Waals surface area (Å²) < 4.78 is 11.9. The van der Waals surface area contributed by atoms with Crippen LogP contribution in [0.25, 0.3) is 6.08 Å². The van der Waals surface area contributed by atoms with Gasteiger partial charge in [-0.1, -0.05) is 47.7 Å². The van der Waals surface area contributed by atoms with Gasteiger partial charge in [0.2, 0.25) is 5.88 Å². The molecule has 1 aliphatic rings. The van der Waals surface area contributed by atoms with E-state index in [1.54, 1.807) is 48.5 Å². The number of halogens is 1. The summed E-state index contributed by atoms with van der Waals surface area (Å²) >= 11 is 12.7. The molecule has 1 amide bonds. The van der Waals surface area contributed by atoms with E-state index in [9.17, 15) is 14.9 Å². The Bertz CT molecular complexity index is 1310. The molecule has 1 aromatic heterocycles. The third kappa shape index (κ3) is 5.19. The topological polar surface area (TPSA) is 94.8 Å². The Kier molecular flexibility index (Phi) is 7.11. The molecule has 0 aliphatic carbocycles. The lowest BCUT2D eigenvalue weighted by Gasteiger charge is -2.14. The normalized spacial score (nSPS) is 14.5. The monoisotopic (exact) mass is 513 g/mol. The van der Waals surface area contributed by atoms with Gasteiger partial charge in [0, 0.05) is 17.2 Å². The highest BCUT2D eigenvalue weighted by atomic mass is 35.5.